The fourth-order valence-corrected chi connectivity index (χ4v) is 2.75. The molecule has 2 rings (SSSR count). The summed E-state index contributed by atoms with van der Waals surface area (Å²) in [5, 5.41) is 4.93. The highest BCUT2D eigenvalue weighted by molar-refractivity contribution is 5.80. The lowest BCUT2D eigenvalue weighted by atomic mass is 9.91. The van der Waals surface area contributed by atoms with Gasteiger partial charge in [0.1, 0.15) is 0 Å². The quantitative estimate of drug-likeness (QED) is 0.762. The smallest absolute Gasteiger partial charge is 0.0456 e. The maximum absolute atomic E-state index is 3.61. The van der Waals surface area contributed by atoms with Crippen molar-refractivity contribution in [3.8, 4) is 0 Å². The average molecular weight is 258 g/mol. The van der Waals surface area contributed by atoms with Crippen molar-refractivity contribution >= 4 is 10.9 Å². The number of fused-ring (bicyclic) bond motifs is 1. The molecule has 104 valence electrons. The fraction of sp³-hybridized carbons (Fsp3) is 0.529. The van der Waals surface area contributed by atoms with Gasteiger partial charge in [0.25, 0.3) is 0 Å². The molecule has 0 aliphatic heterocycles. The summed E-state index contributed by atoms with van der Waals surface area (Å²) in [4.78, 5) is 3.51. The van der Waals surface area contributed by atoms with Gasteiger partial charge in [0, 0.05) is 16.7 Å². The van der Waals surface area contributed by atoms with Gasteiger partial charge in [-0.15, -0.1) is 0 Å². The summed E-state index contributed by atoms with van der Waals surface area (Å²) in [6.45, 7) is 7.84. The summed E-state index contributed by atoms with van der Waals surface area (Å²) in [6.07, 6.45) is 4.78. The van der Waals surface area contributed by atoms with Gasteiger partial charge < -0.3 is 10.3 Å². The van der Waals surface area contributed by atoms with Crippen molar-refractivity contribution in [2.24, 2.45) is 0 Å². The number of H-pyrrole nitrogens is 1. The first-order chi connectivity index (χ1) is 9.17. The molecule has 0 fully saturated rings. The van der Waals surface area contributed by atoms with Gasteiger partial charge in [-0.25, -0.2) is 0 Å². The zero-order valence-corrected chi connectivity index (χ0v) is 12.4. The van der Waals surface area contributed by atoms with Gasteiger partial charge in [-0.1, -0.05) is 32.0 Å². The van der Waals surface area contributed by atoms with Crippen LogP contribution in [0.1, 0.15) is 45.7 Å². The van der Waals surface area contributed by atoms with E-state index in [2.05, 4.69) is 61.4 Å². The SMILES string of the molecule is CCNC(C)(CC)CCCc1cc2ccccc2[nH]1. The van der Waals surface area contributed by atoms with Crippen molar-refractivity contribution in [3.05, 3.63) is 36.0 Å². The van der Waals surface area contributed by atoms with Crippen LogP contribution in [-0.4, -0.2) is 17.1 Å². The third-order valence-corrected chi connectivity index (χ3v) is 4.14. The van der Waals surface area contributed by atoms with Crippen LogP contribution in [0.3, 0.4) is 0 Å². The molecule has 1 atom stereocenters. The van der Waals surface area contributed by atoms with Crippen molar-refractivity contribution in [2.45, 2.75) is 52.0 Å². The number of aromatic nitrogens is 1. The van der Waals surface area contributed by atoms with Gasteiger partial charge in [-0.3, -0.25) is 0 Å². The van der Waals surface area contributed by atoms with E-state index in [1.807, 2.05) is 0 Å². The lowest BCUT2D eigenvalue weighted by Gasteiger charge is -2.29. The third-order valence-electron chi connectivity index (χ3n) is 4.14. The van der Waals surface area contributed by atoms with Gasteiger partial charge in [0.05, 0.1) is 0 Å². The second-order valence-corrected chi connectivity index (χ2v) is 5.68. The summed E-state index contributed by atoms with van der Waals surface area (Å²) in [5.41, 5.74) is 2.90. The van der Waals surface area contributed by atoms with E-state index in [4.69, 9.17) is 0 Å². The van der Waals surface area contributed by atoms with Gasteiger partial charge in [0.2, 0.25) is 0 Å². The second kappa shape index (κ2) is 6.25. The highest BCUT2D eigenvalue weighted by atomic mass is 14.9. The number of nitrogens with one attached hydrogen (secondary N) is 2. The normalized spacial score (nSPS) is 14.7. The fourth-order valence-electron chi connectivity index (χ4n) is 2.75. The lowest BCUT2D eigenvalue weighted by Crippen LogP contribution is -2.41. The molecule has 0 saturated carbocycles. The molecule has 0 aliphatic carbocycles. The second-order valence-electron chi connectivity index (χ2n) is 5.68. The molecule has 1 aromatic carbocycles. The molecular weight excluding hydrogens is 232 g/mol. The Balaban J connectivity index is 1.91. The first-order valence-corrected chi connectivity index (χ1v) is 7.48. The van der Waals surface area contributed by atoms with Crippen LogP contribution in [0.2, 0.25) is 0 Å². The first kappa shape index (κ1) is 14.1. The average Bonchev–Trinajstić information content (AvgIpc) is 2.81. The molecule has 1 unspecified atom stereocenters. The molecule has 0 radical (unpaired) electrons. The zero-order chi connectivity index (χ0) is 13.7. The Morgan fingerprint density at radius 3 is 2.68 bits per heavy atom. The number of rotatable bonds is 7. The summed E-state index contributed by atoms with van der Waals surface area (Å²) in [6, 6.07) is 10.8. The topological polar surface area (TPSA) is 27.8 Å². The molecule has 19 heavy (non-hydrogen) atoms. The summed E-state index contributed by atoms with van der Waals surface area (Å²) < 4.78 is 0. The van der Waals surface area contributed by atoms with Gasteiger partial charge in [-0.2, -0.15) is 0 Å². The first-order valence-electron chi connectivity index (χ1n) is 7.48. The van der Waals surface area contributed by atoms with E-state index < -0.39 is 0 Å². The van der Waals surface area contributed by atoms with Crippen LogP contribution in [0.25, 0.3) is 10.9 Å². The van der Waals surface area contributed by atoms with Crippen LogP contribution in [0.5, 0.6) is 0 Å². The molecular formula is C17H26N2. The predicted octanol–water partition coefficient (Wildman–Crippen LogP) is 4.27. The number of para-hydroxylation sites is 1. The number of hydrogen-bond donors (Lipinski definition) is 2. The van der Waals surface area contributed by atoms with E-state index in [0.29, 0.717) is 5.54 Å². The molecule has 2 heteroatoms. The van der Waals surface area contributed by atoms with Gasteiger partial charge in [0.15, 0.2) is 0 Å². The Bertz CT molecular complexity index is 482. The van der Waals surface area contributed by atoms with Crippen LogP contribution in [0, 0.1) is 0 Å². The van der Waals surface area contributed by atoms with Crippen molar-refractivity contribution in [2.75, 3.05) is 6.54 Å². The number of aromatic amines is 1. The van der Waals surface area contributed by atoms with E-state index in [-0.39, 0.29) is 0 Å². The minimum absolute atomic E-state index is 0.292. The highest BCUT2D eigenvalue weighted by Gasteiger charge is 2.19. The van der Waals surface area contributed by atoms with E-state index in [0.717, 1.165) is 13.0 Å². The molecule has 0 saturated heterocycles. The Morgan fingerprint density at radius 1 is 1.21 bits per heavy atom. The van der Waals surface area contributed by atoms with Gasteiger partial charge >= 0.3 is 0 Å². The molecule has 2 nitrogen and oxygen atoms in total. The Kier molecular flexibility index (Phi) is 4.65. The van der Waals surface area contributed by atoms with Crippen LogP contribution in [0.15, 0.2) is 30.3 Å². The standard InChI is InChI=1S/C17H26N2/c1-4-17(3,18-5-2)12-8-10-15-13-14-9-6-7-11-16(14)19-15/h6-7,9,11,13,18-19H,4-5,8,10,12H2,1-3H3. The Hall–Kier alpha value is -1.28. The Morgan fingerprint density at radius 2 is 2.00 bits per heavy atom. The molecule has 0 aliphatic rings. The molecule has 2 aromatic rings. The van der Waals surface area contributed by atoms with E-state index in [1.54, 1.807) is 0 Å². The lowest BCUT2D eigenvalue weighted by molar-refractivity contribution is 0.319. The van der Waals surface area contributed by atoms with Crippen LogP contribution < -0.4 is 5.32 Å². The summed E-state index contributed by atoms with van der Waals surface area (Å²) >= 11 is 0. The van der Waals surface area contributed by atoms with E-state index in [9.17, 15) is 0 Å². The minimum atomic E-state index is 0.292. The largest absolute Gasteiger partial charge is 0.358 e. The third kappa shape index (κ3) is 3.60. The van der Waals surface area contributed by atoms with Crippen LogP contribution >= 0.6 is 0 Å². The Labute approximate surface area is 116 Å². The van der Waals surface area contributed by atoms with Crippen molar-refractivity contribution in [1.82, 2.24) is 10.3 Å². The molecule has 0 bridgehead atoms. The van der Waals surface area contributed by atoms with E-state index in [1.165, 1.54) is 35.9 Å². The zero-order valence-electron chi connectivity index (χ0n) is 12.4. The molecule has 0 amide bonds. The van der Waals surface area contributed by atoms with Crippen LogP contribution in [0.4, 0.5) is 0 Å². The van der Waals surface area contributed by atoms with Crippen molar-refractivity contribution in [1.29, 1.82) is 0 Å². The molecule has 1 aromatic heterocycles. The summed E-state index contributed by atoms with van der Waals surface area (Å²) in [5.74, 6) is 0. The monoisotopic (exact) mass is 258 g/mol. The van der Waals surface area contributed by atoms with Crippen LogP contribution in [-0.2, 0) is 6.42 Å². The molecule has 1 heterocycles. The maximum atomic E-state index is 3.61. The summed E-state index contributed by atoms with van der Waals surface area (Å²) in [7, 11) is 0. The minimum Gasteiger partial charge on any atom is -0.358 e. The number of benzene rings is 1. The highest BCUT2D eigenvalue weighted by Crippen LogP contribution is 2.20. The van der Waals surface area contributed by atoms with Gasteiger partial charge in [-0.05, 0) is 56.7 Å². The molecule has 2 N–H and O–H groups in total. The molecule has 0 spiro atoms. The number of aryl methyl sites for hydroxylation is 1. The van der Waals surface area contributed by atoms with Crippen molar-refractivity contribution < 1.29 is 0 Å². The number of hydrogen-bond acceptors (Lipinski definition) is 1. The maximum Gasteiger partial charge on any atom is 0.0456 e. The van der Waals surface area contributed by atoms with Crippen molar-refractivity contribution in [3.63, 3.8) is 0 Å². The predicted molar refractivity (Wildman–Crippen MR) is 83.6 cm³/mol. The van der Waals surface area contributed by atoms with E-state index >= 15 is 0 Å².